The molecule has 0 heterocycles. The third-order valence-electron chi connectivity index (χ3n) is 2.56. The zero-order valence-electron chi connectivity index (χ0n) is 10.6. The maximum atomic E-state index is 11.5. The Balaban J connectivity index is 0.00000200. The van der Waals surface area contributed by atoms with Crippen molar-refractivity contribution in [3.05, 3.63) is 48.0 Å². The van der Waals surface area contributed by atoms with E-state index >= 15 is 0 Å². The molecular formula is C12H15N3O4S. The van der Waals surface area contributed by atoms with Gasteiger partial charge in [-0.1, -0.05) is 42.5 Å². The van der Waals surface area contributed by atoms with Crippen LogP contribution in [0.1, 0.15) is 5.56 Å². The van der Waals surface area contributed by atoms with E-state index < -0.39 is 16.3 Å². The lowest BCUT2D eigenvalue weighted by Gasteiger charge is -2.06. The summed E-state index contributed by atoms with van der Waals surface area (Å²) in [5, 5.41) is 1.84. The molecule has 0 saturated heterocycles. The van der Waals surface area contributed by atoms with Gasteiger partial charge in [0.1, 0.15) is 0 Å². The van der Waals surface area contributed by atoms with Crippen molar-refractivity contribution in [1.82, 2.24) is 11.0 Å². The predicted octanol–water partition coefficient (Wildman–Crippen LogP) is 0.796. The quantitative estimate of drug-likeness (QED) is 0.564. The average molecular weight is 297 g/mol. The molecule has 0 aliphatic carbocycles. The van der Waals surface area contributed by atoms with Crippen molar-refractivity contribution in [2.75, 3.05) is 0 Å². The molecule has 0 aliphatic rings. The fourth-order valence-corrected chi connectivity index (χ4v) is 2.13. The van der Waals surface area contributed by atoms with E-state index in [4.69, 9.17) is 5.84 Å². The highest BCUT2D eigenvalue weighted by Gasteiger charge is 2.16. The average Bonchev–Trinajstić information content (AvgIpc) is 2.38. The molecule has 0 spiro atoms. The molecule has 2 aromatic carbocycles. The van der Waals surface area contributed by atoms with Crippen LogP contribution in [0.2, 0.25) is 0 Å². The van der Waals surface area contributed by atoms with Gasteiger partial charge in [-0.3, -0.25) is 10.6 Å². The van der Waals surface area contributed by atoms with E-state index in [0.29, 0.717) is 5.56 Å². The summed E-state index contributed by atoms with van der Waals surface area (Å²) in [6.45, 7) is 0. The zero-order valence-corrected chi connectivity index (χ0v) is 11.4. The van der Waals surface area contributed by atoms with E-state index in [1.165, 1.54) is 4.83 Å². The number of hydrazine groups is 1. The molecule has 0 radical (unpaired) electrons. The van der Waals surface area contributed by atoms with Crippen molar-refractivity contribution in [3.63, 3.8) is 0 Å². The lowest BCUT2D eigenvalue weighted by molar-refractivity contribution is -0.133. The Bertz CT molecular complexity index is 710. The number of benzene rings is 2. The molecule has 8 heteroatoms. The third-order valence-corrected chi connectivity index (χ3v) is 3.26. The van der Waals surface area contributed by atoms with Gasteiger partial charge in [0.2, 0.25) is 0 Å². The summed E-state index contributed by atoms with van der Waals surface area (Å²) in [6, 6.07) is 12.9. The molecule has 2 aromatic rings. The molecule has 0 atom stereocenters. The van der Waals surface area contributed by atoms with E-state index in [1.54, 1.807) is 12.1 Å². The normalized spacial score (nSPS) is 10.8. The number of hydrogen-bond donors (Lipinski definition) is 3. The number of rotatable bonds is 4. The minimum Gasteiger partial charge on any atom is -0.344 e. The molecule has 0 saturated carbocycles. The first-order chi connectivity index (χ1) is 9.02. The van der Waals surface area contributed by atoms with Crippen molar-refractivity contribution in [2.45, 2.75) is 6.42 Å². The molecule has 0 amide bonds. The second-order valence-corrected chi connectivity index (χ2v) is 5.15. The van der Waals surface area contributed by atoms with Crippen LogP contribution in [0.25, 0.3) is 10.8 Å². The first-order valence-electron chi connectivity index (χ1n) is 5.43. The fraction of sp³-hybridized carbons (Fsp3) is 0.0833. The van der Waals surface area contributed by atoms with Gasteiger partial charge >= 0.3 is 16.3 Å². The second kappa shape index (κ2) is 6.44. The SMILES string of the molecule is N.NNS(=O)(=O)OC(=O)Cc1cccc2ccccc12. The Hall–Kier alpha value is -2.00. The van der Waals surface area contributed by atoms with E-state index in [2.05, 4.69) is 4.18 Å². The van der Waals surface area contributed by atoms with Crippen molar-refractivity contribution in [1.29, 1.82) is 0 Å². The van der Waals surface area contributed by atoms with Crippen LogP contribution in [-0.2, 0) is 25.7 Å². The standard InChI is InChI=1S/C12H12N2O4S.H3N/c13-14-19(16,17)18-12(15)8-10-6-3-5-9-4-1-2-7-11(9)10;/h1-7,14H,8,13H2;1H3. The number of carbonyl (C=O) groups is 1. The smallest absolute Gasteiger partial charge is 0.344 e. The van der Waals surface area contributed by atoms with Gasteiger partial charge < -0.3 is 10.3 Å². The minimum atomic E-state index is -4.21. The van der Waals surface area contributed by atoms with Crippen LogP contribution >= 0.6 is 0 Å². The van der Waals surface area contributed by atoms with Gasteiger partial charge in [0.15, 0.2) is 0 Å². The van der Waals surface area contributed by atoms with Crippen LogP contribution in [-0.4, -0.2) is 14.4 Å². The number of hydrogen-bond acceptors (Lipinski definition) is 6. The Labute approximate surface area is 116 Å². The number of carbonyl (C=O) groups excluding carboxylic acids is 1. The van der Waals surface area contributed by atoms with Gasteiger partial charge in [-0.15, -0.1) is 4.83 Å². The molecular weight excluding hydrogens is 282 g/mol. The lowest BCUT2D eigenvalue weighted by atomic mass is 10.0. The molecule has 2 rings (SSSR count). The molecule has 108 valence electrons. The number of nitrogens with two attached hydrogens (primary N) is 1. The van der Waals surface area contributed by atoms with Gasteiger partial charge in [0.25, 0.3) is 0 Å². The molecule has 6 N–H and O–H groups in total. The summed E-state index contributed by atoms with van der Waals surface area (Å²) in [4.78, 5) is 13.0. The Morgan fingerprint density at radius 1 is 1.15 bits per heavy atom. The third kappa shape index (κ3) is 3.75. The highest BCUT2D eigenvalue weighted by molar-refractivity contribution is 7.85. The highest BCUT2D eigenvalue weighted by Crippen LogP contribution is 2.19. The van der Waals surface area contributed by atoms with Crippen LogP contribution in [0, 0.1) is 0 Å². The van der Waals surface area contributed by atoms with Crippen molar-refractivity contribution < 1.29 is 17.4 Å². The first kappa shape index (κ1) is 16.1. The summed E-state index contributed by atoms with van der Waals surface area (Å²) in [6.07, 6.45) is -0.151. The van der Waals surface area contributed by atoms with Crippen LogP contribution in [0.15, 0.2) is 42.5 Å². The first-order valence-corrected chi connectivity index (χ1v) is 6.84. The maximum Gasteiger partial charge on any atom is 0.397 e. The summed E-state index contributed by atoms with van der Waals surface area (Å²) in [7, 11) is -4.21. The molecule has 0 fully saturated rings. The summed E-state index contributed by atoms with van der Waals surface area (Å²) in [5.74, 6) is 3.83. The van der Waals surface area contributed by atoms with Crippen LogP contribution in [0.4, 0.5) is 0 Å². The molecule has 0 bridgehead atoms. The van der Waals surface area contributed by atoms with Gasteiger partial charge in [0.05, 0.1) is 6.42 Å². The lowest BCUT2D eigenvalue weighted by Crippen LogP contribution is -2.33. The van der Waals surface area contributed by atoms with Gasteiger partial charge in [-0.2, -0.15) is 8.42 Å². The minimum absolute atomic E-state index is 0. The Morgan fingerprint density at radius 2 is 1.80 bits per heavy atom. The van der Waals surface area contributed by atoms with E-state index in [9.17, 15) is 13.2 Å². The summed E-state index contributed by atoms with van der Waals surface area (Å²) >= 11 is 0. The van der Waals surface area contributed by atoms with Crippen molar-refractivity contribution >= 4 is 27.0 Å². The topological polar surface area (TPSA) is 133 Å². The van der Waals surface area contributed by atoms with E-state index in [0.717, 1.165) is 10.8 Å². The van der Waals surface area contributed by atoms with E-state index in [-0.39, 0.29) is 12.6 Å². The number of nitrogens with one attached hydrogen (secondary N) is 1. The van der Waals surface area contributed by atoms with Crippen LogP contribution < -0.4 is 16.8 Å². The van der Waals surface area contributed by atoms with Crippen LogP contribution in [0.3, 0.4) is 0 Å². The monoisotopic (exact) mass is 297 g/mol. The predicted molar refractivity (Wildman–Crippen MR) is 75.0 cm³/mol. The second-order valence-electron chi connectivity index (χ2n) is 3.84. The molecule has 0 unspecified atom stereocenters. The highest BCUT2D eigenvalue weighted by atomic mass is 32.2. The van der Waals surface area contributed by atoms with Crippen molar-refractivity contribution in [3.8, 4) is 0 Å². The van der Waals surface area contributed by atoms with Gasteiger partial charge in [-0.25, -0.2) is 0 Å². The van der Waals surface area contributed by atoms with Gasteiger partial charge in [0, 0.05) is 0 Å². The maximum absolute atomic E-state index is 11.5. The zero-order chi connectivity index (χ0) is 13.9. The number of fused-ring (bicyclic) bond motifs is 1. The van der Waals surface area contributed by atoms with Crippen molar-refractivity contribution in [2.24, 2.45) is 5.84 Å². The molecule has 7 nitrogen and oxygen atoms in total. The largest absolute Gasteiger partial charge is 0.397 e. The van der Waals surface area contributed by atoms with Crippen LogP contribution in [0.5, 0.6) is 0 Å². The fourth-order valence-electron chi connectivity index (χ4n) is 1.78. The molecule has 0 aliphatic heterocycles. The summed E-state index contributed by atoms with van der Waals surface area (Å²) in [5.41, 5.74) is 0.690. The van der Waals surface area contributed by atoms with Gasteiger partial charge in [-0.05, 0) is 16.3 Å². The Morgan fingerprint density at radius 3 is 2.50 bits per heavy atom. The summed E-state index contributed by atoms with van der Waals surface area (Å²) < 4.78 is 26.2. The molecule has 0 aromatic heterocycles. The molecule has 20 heavy (non-hydrogen) atoms. The van der Waals surface area contributed by atoms with E-state index in [1.807, 2.05) is 30.3 Å². The Kier molecular flexibility index (Phi) is 5.17.